The van der Waals surface area contributed by atoms with Crippen molar-refractivity contribution in [2.24, 2.45) is 5.73 Å². The molecule has 0 unspecified atom stereocenters. The maximum absolute atomic E-state index is 11.9. The van der Waals surface area contributed by atoms with Gasteiger partial charge in [-0.2, -0.15) is 0 Å². The lowest BCUT2D eigenvalue weighted by atomic mass is 10.1. The summed E-state index contributed by atoms with van der Waals surface area (Å²) in [6, 6.07) is 0. The van der Waals surface area contributed by atoms with E-state index in [9.17, 15) is 29.2 Å². The SMILES string of the molecule is NC(=O)Cc1cn([C@@H]2O[C@H](COP(=O)(Cl)Cl)[C@H](O)[C@@H]2O)c(=O)[nH]c1=O. The quantitative estimate of drug-likeness (QED) is 0.416. The van der Waals surface area contributed by atoms with Gasteiger partial charge >= 0.3 is 11.8 Å². The molecule has 1 aliphatic heterocycles. The lowest BCUT2D eigenvalue weighted by molar-refractivity contribution is -0.117. The molecule has 0 bridgehead atoms. The van der Waals surface area contributed by atoms with Crippen molar-refractivity contribution in [2.45, 2.75) is 31.0 Å². The van der Waals surface area contributed by atoms with Crippen LogP contribution in [0.4, 0.5) is 0 Å². The summed E-state index contributed by atoms with van der Waals surface area (Å²) in [5, 5.41) is 20.0. The van der Waals surface area contributed by atoms with Gasteiger partial charge in [0, 0.05) is 11.8 Å². The van der Waals surface area contributed by atoms with Gasteiger partial charge in [-0.05, 0) is 22.5 Å². The van der Waals surface area contributed by atoms with Crippen molar-refractivity contribution in [2.75, 3.05) is 6.61 Å². The summed E-state index contributed by atoms with van der Waals surface area (Å²) < 4.78 is 21.8. The number of nitrogens with one attached hydrogen (secondary N) is 1. The van der Waals surface area contributed by atoms with Crippen LogP contribution in [0.1, 0.15) is 11.8 Å². The minimum atomic E-state index is -3.89. The number of carbonyl (C=O) groups is 1. The van der Waals surface area contributed by atoms with Crippen molar-refractivity contribution in [3.8, 4) is 0 Å². The number of halogens is 2. The number of carbonyl (C=O) groups excluding carboxylic acids is 1. The van der Waals surface area contributed by atoms with E-state index in [4.69, 9.17) is 33.0 Å². The molecular weight excluding hydrogens is 404 g/mol. The lowest BCUT2D eigenvalue weighted by Gasteiger charge is -2.17. The number of hydrogen-bond acceptors (Lipinski definition) is 8. The van der Waals surface area contributed by atoms with E-state index in [0.29, 0.717) is 0 Å². The first kappa shape index (κ1) is 20.1. The Morgan fingerprint density at radius 2 is 2.04 bits per heavy atom. The van der Waals surface area contributed by atoms with Crippen LogP contribution >= 0.6 is 28.6 Å². The number of primary amides is 1. The molecule has 1 amide bonds. The highest BCUT2D eigenvalue weighted by atomic mass is 35.9. The summed E-state index contributed by atoms with van der Waals surface area (Å²) in [4.78, 5) is 36.5. The molecule has 0 saturated carbocycles. The van der Waals surface area contributed by atoms with Crippen LogP contribution in [-0.4, -0.2) is 50.6 Å². The van der Waals surface area contributed by atoms with Crippen LogP contribution in [0, 0.1) is 0 Å². The molecule has 1 saturated heterocycles. The zero-order valence-corrected chi connectivity index (χ0v) is 14.8. The predicted octanol–water partition coefficient (Wildman–Crippen LogP) is -1.21. The Bertz CT molecular complexity index is 820. The van der Waals surface area contributed by atoms with E-state index >= 15 is 0 Å². The molecule has 4 atom stereocenters. The number of aromatic amines is 1. The van der Waals surface area contributed by atoms with Gasteiger partial charge in [-0.25, -0.2) is 4.79 Å². The average molecular weight is 418 g/mol. The summed E-state index contributed by atoms with van der Waals surface area (Å²) >= 11 is 10.4. The molecule has 5 N–H and O–H groups in total. The molecule has 0 radical (unpaired) electrons. The van der Waals surface area contributed by atoms with Crippen molar-refractivity contribution in [3.63, 3.8) is 0 Å². The highest BCUT2D eigenvalue weighted by molar-refractivity contribution is 8.05. The molecule has 1 aliphatic rings. The average Bonchev–Trinajstić information content (AvgIpc) is 2.75. The zero-order valence-electron chi connectivity index (χ0n) is 12.4. The van der Waals surface area contributed by atoms with Crippen LogP contribution < -0.4 is 17.0 Å². The van der Waals surface area contributed by atoms with Gasteiger partial charge in [0.25, 0.3) is 5.56 Å². The maximum Gasteiger partial charge on any atom is 0.380 e. The molecule has 0 spiro atoms. The number of nitrogens with zero attached hydrogens (tertiary/aromatic N) is 1. The first-order valence-corrected chi connectivity index (χ1v) is 10.2. The summed E-state index contributed by atoms with van der Waals surface area (Å²) in [5.74, 6) is -0.810. The number of aliphatic hydroxyl groups is 2. The van der Waals surface area contributed by atoms with Crippen molar-refractivity contribution < 1.29 is 28.8 Å². The highest BCUT2D eigenvalue weighted by Gasteiger charge is 2.45. The normalized spacial score (nSPS) is 26.7. The predicted molar refractivity (Wildman–Crippen MR) is 85.4 cm³/mol. The van der Waals surface area contributed by atoms with Crippen molar-refractivity contribution in [1.29, 1.82) is 0 Å². The van der Waals surface area contributed by atoms with E-state index in [0.717, 1.165) is 10.8 Å². The van der Waals surface area contributed by atoms with Crippen LogP contribution in [0.3, 0.4) is 0 Å². The number of ether oxygens (including phenoxy) is 1. The number of H-pyrrole nitrogens is 1. The smallest absolute Gasteiger partial charge is 0.380 e. The van der Waals surface area contributed by atoms with Crippen LogP contribution in [0.25, 0.3) is 0 Å². The fraction of sp³-hybridized carbons (Fsp3) is 0.545. The molecule has 11 nitrogen and oxygen atoms in total. The second kappa shape index (κ2) is 7.58. The van der Waals surface area contributed by atoms with Crippen molar-refractivity contribution in [1.82, 2.24) is 9.55 Å². The van der Waals surface area contributed by atoms with Gasteiger partial charge < -0.3 is 25.2 Å². The topological polar surface area (TPSA) is 174 Å². The molecule has 25 heavy (non-hydrogen) atoms. The fourth-order valence-corrected chi connectivity index (χ4v) is 2.95. The Morgan fingerprint density at radius 1 is 1.40 bits per heavy atom. The summed E-state index contributed by atoms with van der Waals surface area (Å²) in [6.07, 6.45) is -9.09. The minimum Gasteiger partial charge on any atom is -0.387 e. The van der Waals surface area contributed by atoms with E-state index in [1.54, 1.807) is 0 Å². The van der Waals surface area contributed by atoms with E-state index in [1.165, 1.54) is 0 Å². The van der Waals surface area contributed by atoms with Gasteiger partial charge in [0.2, 0.25) is 5.91 Å². The standard InChI is InChI=1S/C11H14Cl2N3O8P/c12-25(13,22)23-3-5-7(18)8(19)10(24-5)16-2-4(1-6(14)17)9(20)15-11(16)21/h2,5,7-8,10,18-19H,1,3H2,(H2,14,17)(H,15,20,21)/t5-,7+,8+,10-/m1/s1. The molecule has 14 heteroatoms. The lowest BCUT2D eigenvalue weighted by Crippen LogP contribution is -2.39. The molecule has 2 heterocycles. The minimum absolute atomic E-state index is 0.136. The molecule has 1 aromatic heterocycles. The second-order valence-corrected chi connectivity index (χ2v) is 9.50. The molecule has 2 rings (SSSR count). The van der Waals surface area contributed by atoms with Gasteiger partial charge in [-0.15, -0.1) is 0 Å². The molecule has 1 fully saturated rings. The van der Waals surface area contributed by atoms with E-state index in [2.05, 4.69) is 4.52 Å². The Kier molecular flexibility index (Phi) is 6.10. The molecule has 140 valence electrons. The van der Waals surface area contributed by atoms with Gasteiger partial charge in [-0.1, -0.05) is 0 Å². The Hall–Kier alpha value is -1.20. The summed E-state index contributed by atoms with van der Waals surface area (Å²) in [6.45, 7) is -0.523. The van der Waals surface area contributed by atoms with Crippen molar-refractivity contribution >= 4 is 34.5 Å². The second-order valence-electron chi connectivity index (χ2n) is 5.22. The van der Waals surface area contributed by atoms with E-state index in [-0.39, 0.29) is 5.56 Å². The third-order valence-corrected chi connectivity index (χ3v) is 4.44. The number of hydrogen-bond donors (Lipinski definition) is 4. The maximum atomic E-state index is 11.9. The largest absolute Gasteiger partial charge is 0.387 e. The number of rotatable bonds is 6. The van der Waals surface area contributed by atoms with E-state index in [1.807, 2.05) is 4.98 Å². The van der Waals surface area contributed by atoms with Crippen LogP contribution in [0.5, 0.6) is 0 Å². The third kappa shape index (κ3) is 4.91. The van der Waals surface area contributed by atoms with Gasteiger partial charge in [-0.3, -0.25) is 23.7 Å². The van der Waals surface area contributed by atoms with Crippen LogP contribution in [0.2, 0.25) is 0 Å². The fourth-order valence-electron chi connectivity index (χ4n) is 2.29. The van der Waals surface area contributed by atoms with Crippen molar-refractivity contribution in [3.05, 3.63) is 32.6 Å². The van der Waals surface area contributed by atoms with E-state index < -0.39 is 60.8 Å². The van der Waals surface area contributed by atoms with Crippen LogP contribution in [-0.2, 0) is 25.0 Å². The number of nitrogens with two attached hydrogens (primary N) is 1. The monoisotopic (exact) mass is 417 g/mol. The van der Waals surface area contributed by atoms with Crippen LogP contribution in [0.15, 0.2) is 15.8 Å². The number of aromatic nitrogens is 2. The summed E-state index contributed by atoms with van der Waals surface area (Å²) in [7, 11) is 0. The molecule has 0 aromatic carbocycles. The molecule has 0 aliphatic carbocycles. The molecule has 1 aromatic rings. The zero-order chi connectivity index (χ0) is 18.9. The van der Waals surface area contributed by atoms with Gasteiger partial charge in [0.1, 0.15) is 18.3 Å². The van der Waals surface area contributed by atoms with Gasteiger partial charge in [0.15, 0.2) is 6.23 Å². The number of amides is 1. The van der Waals surface area contributed by atoms with Gasteiger partial charge in [0.05, 0.1) is 13.0 Å². The third-order valence-electron chi connectivity index (χ3n) is 3.41. The Labute approximate surface area is 149 Å². The first-order chi connectivity index (χ1) is 11.5. The summed E-state index contributed by atoms with van der Waals surface area (Å²) in [5.41, 5.74) is 3.11. The number of aliphatic hydroxyl groups excluding tert-OH is 2. The highest BCUT2D eigenvalue weighted by Crippen LogP contribution is 2.57. The first-order valence-electron chi connectivity index (χ1n) is 6.77. The Morgan fingerprint density at radius 3 is 2.60 bits per heavy atom. The molecular formula is C11H14Cl2N3O8P. The Balaban J connectivity index is 2.29.